The molecule has 0 aliphatic carbocycles. The number of rotatable bonds is 2. The molecule has 0 bridgehead atoms. The molecule has 0 aromatic carbocycles. The SMILES string of the molecule is Cc1c([N+](=O)[O-])oc(Br)c1C(=O)O. The third kappa shape index (κ3) is 1.55. The van der Waals surface area contributed by atoms with Crippen molar-refractivity contribution in [2.75, 3.05) is 0 Å². The Morgan fingerprint density at radius 3 is 2.46 bits per heavy atom. The van der Waals surface area contributed by atoms with Gasteiger partial charge in [0.1, 0.15) is 10.5 Å². The molecule has 1 aromatic heterocycles. The zero-order chi connectivity index (χ0) is 10.2. The van der Waals surface area contributed by atoms with Crippen molar-refractivity contribution >= 4 is 27.8 Å². The highest BCUT2D eigenvalue weighted by Gasteiger charge is 2.27. The smallest absolute Gasteiger partial charge is 0.437 e. The number of aromatic carboxylic acids is 1. The Morgan fingerprint density at radius 1 is 1.69 bits per heavy atom. The van der Waals surface area contributed by atoms with Crippen LogP contribution in [0.1, 0.15) is 15.9 Å². The molecule has 0 saturated carbocycles. The first kappa shape index (κ1) is 9.72. The molecule has 13 heavy (non-hydrogen) atoms. The molecular weight excluding hydrogens is 246 g/mol. The second-order valence-corrected chi connectivity index (χ2v) is 2.96. The molecule has 6 nitrogen and oxygen atoms in total. The summed E-state index contributed by atoms with van der Waals surface area (Å²) in [5.74, 6) is -1.81. The summed E-state index contributed by atoms with van der Waals surface area (Å²) in [5.41, 5.74) is -0.212. The van der Waals surface area contributed by atoms with Crippen LogP contribution in [0.2, 0.25) is 0 Å². The van der Waals surface area contributed by atoms with Gasteiger partial charge in [0.25, 0.3) is 0 Å². The van der Waals surface area contributed by atoms with E-state index in [1.54, 1.807) is 0 Å². The van der Waals surface area contributed by atoms with E-state index < -0.39 is 16.8 Å². The summed E-state index contributed by atoms with van der Waals surface area (Å²) in [5, 5.41) is 18.9. The fourth-order valence-electron chi connectivity index (χ4n) is 0.885. The highest BCUT2D eigenvalue weighted by Crippen LogP contribution is 2.31. The number of hydrogen-bond acceptors (Lipinski definition) is 4. The molecule has 0 saturated heterocycles. The summed E-state index contributed by atoms with van der Waals surface area (Å²) < 4.78 is 4.47. The normalized spacial score (nSPS) is 10.0. The van der Waals surface area contributed by atoms with Gasteiger partial charge in [-0.3, -0.25) is 10.1 Å². The predicted molar refractivity (Wildman–Crippen MR) is 44.8 cm³/mol. The Balaban J connectivity index is 3.39. The Morgan fingerprint density at radius 2 is 2.23 bits per heavy atom. The zero-order valence-corrected chi connectivity index (χ0v) is 7.99. The molecule has 0 aliphatic heterocycles. The van der Waals surface area contributed by atoms with Gasteiger partial charge < -0.3 is 9.52 Å². The lowest BCUT2D eigenvalue weighted by molar-refractivity contribution is -0.403. The topological polar surface area (TPSA) is 93.6 Å². The molecule has 1 N–H and O–H groups in total. The fourth-order valence-corrected chi connectivity index (χ4v) is 1.51. The van der Waals surface area contributed by atoms with E-state index in [0.717, 1.165) is 0 Å². The number of carboxylic acids is 1. The van der Waals surface area contributed by atoms with Crippen molar-refractivity contribution in [3.63, 3.8) is 0 Å². The summed E-state index contributed by atoms with van der Waals surface area (Å²) in [6.07, 6.45) is 0. The molecule has 0 aliphatic rings. The Kier molecular flexibility index (Phi) is 2.37. The van der Waals surface area contributed by atoms with E-state index in [1.165, 1.54) is 6.92 Å². The van der Waals surface area contributed by atoms with Crippen molar-refractivity contribution in [3.8, 4) is 0 Å². The van der Waals surface area contributed by atoms with Crippen molar-refractivity contribution in [1.82, 2.24) is 0 Å². The van der Waals surface area contributed by atoms with Crippen LogP contribution < -0.4 is 0 Å². The van der Waals surface area contributed by atoms with Crippen LogP contribution in [-0.2, 0) is 0 Å². The van der Waals surface area contributed by atoms with E-state index in [2.05, 4.69) is 20.3 Å². The molecule has 70 valence electrons. The van der Waals surface area contributed by atoms with Gasteiger partial charge in [0.15, 0.2) is 4.67 Å². The lowest BCUT2D eigenvalue weighted by Crippen LogP contribution is -1.98. The lowest BCUT2D eigenvalue weighted by atomic mass is 10.2. The van der Waals surface area contributed by atoms with Crippen LogP contribution >= 0.6 is 15.9 Å². The average Bonchev–Trinajstić information content (AvgIpc) is 2.26. The van der Waals surface area contributed by atoms with Gasteiger partial charge in [-0.05, 0) is 22.9 Å². The van der Waals surface area contributed by atoms with Gasteiger partial charge in [0.2, 0.25) is 0 Å². The minimum Gasteiger partial charge on any atom is -0.478 e. The van der Waals surface area contributed by atoms with Gasteiger partial charge in [-0.25, -0.2) is 4.79 Å². The molecule has 1 rings (SSSR count). The molecule has 0 fully saturated rings. The van der Waals surface area contributed by atoms with E-state index in [1.807, 2.05) is 0 Å². The molecule has 0 radical (unpaired) electrons. The average molecular weight is 250 g/mol. The molecule has 7 heteroatoms. The second-order valence-electron chi connectivity index (χ2n) is 2.24. The molecule has 0 unspecified atom stereocenters. The van der Waals surface area contributed by atoms with Gasteiger partial charge in [-0.1, -0.05) is 0 Å². The Hall–Kier alpha value is -1.37. The molecule has 1 aromatic rings. The number of carboxylic acid groups (broad SMARTS) is 1. The highest BCUT2D eigenvalue weighted by molar-refractivity contribution is 9.10. The van der Waals surface area contributed by atoms with Crippen molar-refractivity contribution in [2.24, 2.45) is 0 Å². The number of hydrogen-bond donors (Lipinski definition) is 1. The molecular formula is C6H4BrNO5. The van der Waals surface area contributed by atoms with E-state index in [-0.39, 0.29) is 15.8 Å². The van der Waals surface area contributed by atoms with Crippen molar-refractivity contribution in [1.29, 1.82) is 0 Å². The van der Waals surface area contributed by atoms with Crippen LogP contribution in [0.3, 0.4) is 0 Å². The van der Waals surface area contributed by atoms with E-state index in [4.69, 9.17) is 5.11 Å². The minimum absolute atomic E-state index is 0.00405. The van der Waals surface area contributed by atoms with Crippen LogP contribution in [0.25, 0.3) is 0 Å². The van der Waals surface area contributed by atoms with Crippen LogP contribution in [0, 0.1) is 17.0 Å². The highest BCUT2D eigenvalue weighted by atomic mass is 79.9. The van der Waals surface area contributed by atoms with E-state index in [9.17, 15) is 14.9 Å². The number of nitrogens with zero attached hydrogens (tertiary/aromatic N) is 1. The van der Waals surface area contributed by atoms with Gasteiger partial charge in [0.05, 0.1) is 5.56 Å². The third-order valence-electron chi connectivity index (χ3n) is 1.46. The molecule has 1 heterocycles. The number of furan rings is 1. The third-order valence-corrected chi connectivity index (χ3v) is 2.02. The van der Waals surface area contributed by atoms with Crippen LogP contribution in [-0.4, -0.2) is 16.0 Å². The first-order valence-electron chi connectivity index (χ1n) is 3.11. The van der Waals surface area contributed by atoms with Crippen LogP contribution in [0.5, 0.6) is 0 Å². The summed E-state index contributed by atoms with van der Waals surface area (Å²) in [4.78, 5) is 20.1. The van der Waals surface area contributed by atoms with Crippen molar-refractivity contribution in [2.45, 2.75) is 6.92 Å². The monoisotopic (exact) mass is 249 g/mol. The maximum absolute atomic E-state index is 10.6. The molecule has 0 amide bonds. The molecule has 0 atom stereocenters. The largest absolute Gasteiger partial charge is 0.478 e. The lowest BCUT2D eigenvalue weighted by Gasteiger charge is -1.87. The predicted octanol–water partition coefficient (Wildman–Crippen LogP) is 1.96. The Labute approximate surface area is 80.4 Å². The fraction of sp³-hybridized carbons (Fsp3) is 0.167. The van der Waals surface area contributed by atoms with Crippen LogP contribution in [0.4, 0.5) is 5.88 Å². The summed E-state index contributed by atoms with van der Waals surface area (Å²) in [6, 6.07) is 0. The summed E-state index contributed by atoms with van der Waals surface area (Å²) in [6.45, 7) is 1.32. The first-order chi connectivity index (χ1) is 5.95. The van der Waals surface area contributed by atoms with Crippen LogP contribution in [0.15, 0.2) is 9.09 Å². The Bertz CT molecular complexity index is 383. The van der Waals surface area contributed by atoms with Gasteiger partial charge in [-0.15, -0.1) is 0 Å². The van der Waals surface area contributed by atoms with Gasteiger partial charge in [0, 0.05) is 0 Å². The second kappa shape index (κ2) is 3.17. The standard InChI is InChI=1S/C6H4BrNO5/c1-2-3(6(9)10)4(7)13-5(2)8(11)12/h1H3,(H,9,10). The molecule has 0 spiro atoms. The van der Waals surface area contributed by atoms with E-state index in [0.29, 0.717) is 0 Å². The first-order valence-corrected chi connectivity index (χ1v) is 3.91. The number of carbonyl (C=O) groups is 1. The minimum atomic E-state index is -1.26. The zero-order valence-electron chi connectivity index (χ0n) is 6.41. The van der Waals surface area contributed by atoms with Gasteiger partial charge in [-0.2, -0.15) is 0 Å². The summed E-state index contributed by atoms with van der Waals surface area (Å²) >= 11 is 2.78. The summed E-state index contributed by atoms with van der Waals surface area (Å²) in [7, 11) is 0. The van der Waals surface area contributed by atoms with E-state index >= 15 is 0 Å². The quantitative estimate of drug-likeness (QED) is 0.639. The maximum Gasteiger partial charge on any atom is 0.437 e. The maximum atomic E-state index is 10.6. The number of nitro groups is 1. The van der Waals surface area contributed by atoms with Gasteiger partial charge >= 0.3 is 11.9 Å². The van der Waals surface area contributed by atoms with Crippen molar-refractivity contribution in [3.05, 3.63) is 25.9 Å². The van der Waals surface area contributed by atoms with Crippen molar-refractivity contribution < 1.29 is 19.2 Å². The number of halogens is 1.